The number of carbonyl (C=O) groups is 1. The van der Waals surface area contributed by atoms with E-state index >= 15 is 0 Å². The van der Waals surface area contributed by atoms with E-state index in [2.05, 4.69) is 10.5 Å². The van der Waals surface area contributed by atoms with E-state index in [9.17, 15) is 4.79 Å². The van der Waals surface area contributed by atoms with Gasteiger partial charge in [-0.15, -0.1) is 0 Å². The summed E-state index contributed by atoms with van der Waals surface area (Å²) in [6, 6.07) is 18.4. The van der Waals surface area contributed by atoms with Gasteiger partial charge in [0, 0.05) is 16.1 Å². The first-order chi connectivity index (χ1) is 11.1. The second-order valence-electron chi connectivity index (χ2n) is 4.93. The first-order valence-corrected chi connectivity index (χ1v) is 7.66. The molecule has 0 bridgehead atoms. The average Bonchev–Trinajstić information content (AvgIpc) is 2.56. The van der Waals surface area contributed by atoms with Crippen LogP contribution in [-0.4, -0.2) is 12.1 Å². The van der Waals surface area contributed by atoms with Gasteiger partial charge in [0.1, 0.15) is 0 Å². The summed E-state index contributed by atoms with van der Waals surface area (Å²) in [5.74, 6) is -0.280. The number of rotatable bonds is 3. The van der Waals surface area contributed by atoms with Crippen LogP contribution in [0.4, 0.5) is 0 Å². The summed E-state index contributed by atoms with van der Waals surface area (Å²) >= 11 is 11.9. The highest BCUT2D eigenvalue weighted by atomic mass is 35.5. The number of hydrogen-bond acceptors (Lipinski definition) is 2. The smallest absolute Gasteiger partial charge is 0.267 e. The summed E-state index contributed by atoms with van der Waals surface area (Å²) in [5, 5.41) is 7.05. The van der Waals surface area contributed by atoms with Gasteiger partial charge in [-0.2, -0.15) is 5.10 Å². The van der Waals surface area contributed by atoms with Crippen LogP contribution in [0.3, 0.4) is 0 Å². The normalized spacial score (nSPS) is 11.0. The number of benzene rings is 3. The van der Waals surface area contributed by atoms with Gasteiger partial charge in [-0.05, 0) is 35.0 Å². The Bertz CT molecular complexity index is 906. The van der Waals surface area contributed by atoms with Crippen molar-refractivity contribution in [2.75, 3.05) is 0 Å². The van der Waals surface area contributed by atoms with Crippen molar-refractivity contribution in [2.45, 2.75) is 0 Å². The van der Waals surface area contributed by atoms with Gasteiger partial charge in [-0.25, -0.2) is 5.43 Å². The standard InChI is InChI=1S/C18H12Cl2N2O/c19-16-8-7-15(17(20)10-16)11-21-22-18(23)14-6-5-12-3-1-2-4-13(12)9-14/h1-11H,(H,22,23). The van der Waals surface area contributed by atoms with Crippen LogP contribution >= 0.6 is 23.2 Å². The van der Waals surface area contributed by atoms with Gasteiger partial charge in [0.25, 0.3) is 5.91 Å². The molecule has 0 aliphatic rings. The minimum Gasteiger partial charge on any atom is -0.267 e. The van der Waals surface area contributed by atoms with Crippen molar-refractivity contribution in [1.82, 2.24) is 5.43 Å². The van der Waals surface area contributed by atoms with Crippen LogP contribution < -0.4 is 5.43 Å². The van der Waals surface area contributed by atoms with Crippen LogP contribution in [0, 0.1) is 0 Å². The highest BCUT2D eigenvalue weighted by Gasteiger charge is 2.05. The zero-order chi connectivity index (χ0) is 16.2. The minimum absolute atomic E-state index is 0.280. The highest BCUT2D eigenvalue weighted by molar-refractivity contribution is 6.36. The van der Waals surface area contributed by atoms with Crippen molar-refractivity contribution >= 4 is 46.1 Å². The Balaban J connectivity index is 1.74. The van der Waals surface area contributed by atoms with Crippen LogP contribution in [0.5, 0.6) is 0 Å². The maximum Gasteiger partial charge on any atom is 0.271 e. The van der Waals surface area contributed by atoms with E-state index in [4.69, 9.17) is 23.2 Å². The average molecular weight is 343 g/mol. The number of nitrogens with zero attached hydrogens (tertiary/aromatic N) is 1. The molecule has 0 aromatic heterocycles. The van der Waals surface area contributed by atoms with Crippen molar-refractivity contribution in [2.24, 2.45) is 5.10 Å². The third kappa shape index (κ3) is 3.70. The third-order valence-corrected chi connectivity index (χ3v) is 3.91. The summed E-state index contributed by atoms with van der Waals surface area (Å²) in [5.41, 5.74) is 3.71. The number of fused-ring (bicyclic) bond motifs is 1. The largest absolute Gasteiger partial charge is 0.271 e. The van der Waals surface area contributed by atoms with Crippen LogP contribution in [0.2, 0.25) is 10.0 Å². The van der Waals surface area contributed by atoms with Crippen LogP contribution in [0.1, 0.15) is 15.9 Å². The van der Waals surface area contributed by atoms with E-state index in [1.54, 1.807) is 24.3 Å². The molecule has 0 saturated carbocycles. The maximum atomic E-state index is 12.1. The van der Waals surface area contributed by atoms with Crippen molar-refractivity contribution in [1.29, 1.82) is 0 Å². The van der Waals surface area contributed by atoms with Gasteiger partial charge < -0.3 is 0 Å². The fraction of sp³-hybridized carbons (Fsp3) is 0. The lowest BCUT2D eigenvalue weighted by molar-refractivity contribution is 0.0955. The molecule has 5 heteroatoms. The first-order valence-electron chi connectivity index (χ1n) is 6.91. The second kappa shape index (κ2) is 6.82. The van der Waals surface area contributed by atoms with Crippen molar-refractivity contribution < 1.29 is 4.79 Å². The number of nitrogens with one attached hydrogen (secondary N) is 1. The molecule has 0 unspecified atom stereocenters. The van der Waals surface area contributed by atoms with E-state index in [1.165, 1.54) is 6.21 Å². The first kappa shape index (κ1) is 15.5. The molecule has 0 fully saturated rings. The van der Waals surface area contributed by atoms with Crippen molar-refractivity contribution in [3.63, 3.8) is 0 Å². The van der Waals surface area contributed by atoms with Gasteiger partial charge in [0.15, 0.2) is 0 Å². The number of amides is 1. The molecule has 0 radical (unpaired) electrons. The third-order valence-electron chi connectivity index (χ3n) is 3.34. The lowest BCUT2D eigenvalue weighted by atomic mass is 10.1. The number of hydrogen-bond donors (Lipinski definition) is 1. The van der Waals surface area contributed by atoms with Gasteiger partial charge >= 0.3 is 0 Å². The number of carbonyl (C=O) groups excluding carboxylic acids is 1. The molecule has 3 aromatic carbocycles. The summed E-state index contributed by atoms with van der Waals surface area (Å²) in [7, 11) is 0. The molecule has 0 spiro atoms. The van der Waals surface area contributed by atoms with Crippen LogP contribution in [-0.2, 0) is 0 Å². The molecule has 23 heavy (non-hydrogen) atoms. The predicted octanol–water partition coefficient (Wildman–Crippen LogP) is 4.91. The molecule has 3 aromatic rings. The zero-order valence-corrected chi connectivity index (χ0v) is 13.5. The number of halogens is 2. The Kier molecular flexibility index (Phi) is 4.60. The number of hydrazone groups is 1. The summed E-state index contributed by atoms with van der Waals surface area (Å²) in [6.07, 6.45) is 1.48. The van der Waals surface area contributed by atoms with Crippen LogP contribution in [0.25, 0.3) is 10.8 Å². The topological polar surface area (TPSA) is 41.5 Å². The lowest BCUT2D eigenvalue weighted by Gasteiger charge is -2.03. The lowest BCUT2D eigenvalue weighted by Crippen LogP contribution is -2.17. The molecule has 1 N–H and O–H groups in total. The minimum atomic E-state index is -0.280. The molecule has 114 valence electrons. The predicted molar refractivity (Wildman–Crippen MR) is 95.5 cm³/mol. The Hall–Kier alpha value is -2.36. The van der Waals surface area contributed by atoms with Gasteiger partial charge in [-0.1, -0.05) is 59.6 Å². The molecule has 3 rings (SSSR count). The second-order valence-corrected chi connectivity index (χ2v) is 5.77. The molecule has 0 heterocycles. The SMILES string of the molecule is O=C(NN=Cc1ccc(Cl)cc1Cl)c1ccc2ccccc2c1. The Morgan fingerprint density at radius 3 is 2.52 bits per heavy atom. The monoisotopic (exact) mass is 342 g/mol. The van der Waals surface area contributed by atoms with Gasteiger partial charge in [0.2, 0.25) is 0 Å². The fourth-order valence-electron chi connectivity index (χ4n) is 2.16. The maximum absolute atomic E-state index is 12.1. The Morgan fingerprint density at radius 2 is 1.74 bits per heavy atom. The highest BCUT2D eigenvalue weighted by Crippen LogP contribution is 2.19. The van der Waals surface area contributed by atoms with Crippen molar-refractivity contribution in [3.8, 4) is 0 Å². The van der Waals surface area contributed by atoms with E-state index in [-0.39, 0.29) is 5.91 Å². The molecule has 0 atom stereocenters. The van der Waals surface area contributed by atoms with E-state index in [0.29, 0.717) is 21.2 Å². The molecular formula is C18H12Cl2N2O. The molecule has 1 amide bonds. The Labute approximate surface area is 143 Å². The summed E-state index contributed by atoms with van der Waals surface area (Å²) in [6.45, 7) is 0. The molecule has 3 nitrogen and oxygen atoms in total. The molecule has 0 aliphatic heterocycles. The molecule has 0 saturated heterocycles. The van der Waals surface area contributed by atoms with E-state index < -0.39 is 0 Å². The van der Waals surface area contributed by atoms with Crippen molar-refractivity contribution in [3.05, 3.63) is 81.8 Å². The van der Waals surface area contributed by atoms with Crippen LogP contribution in [0.15, 0.2) is 65.8 Å². The van der Waals surface area contributed by atoms with Gasteiger partial charge in [0.05, 0.1) is 11.2 Å². The fourth-order valence-corrected chi connectivity index (χ4v) is 2.62. The Morgan fingerprint density at radius 1 is 0.957 bits per heavy atom. The molecule has 0 aliphatic carbocycles. The molecular weight excluding hydrogens is 331 g/mol. The zero-order valence-electron chi connectivity index (χ0n) is 12.0. The summed E-state index contributed by atoms with van der Waals surface area (Å²) in [4.78, 5) is 12.1. The van der Waals surface area contributed by atoms with E-state index in [0.717, 1.165) is 10.8 Å². The summed E-state index contributed by atoms with van der Waals surface area (Å²) < 4.78 is 0. The van der Waals surface area contributed by atoms with Gasteiger partial charge in [-0.3, -0.25) is 4.79 Å². The quantitative estimate of drug-likeness (QED) is 0.533. The van der Waals surface area contributed by atoms with E-state index in [1.807, 2.05) is 36.4 Å².